The van der Waals surface area contributed by atoms with Gasteiger partial charge in [-0.25, -0.2) is 0 Å². The Labute approximate surface area is 155 Å². The van der Waals surface area contributed by atoms with E-state index < -0.39 is 0 Å². The van der Waals surface area contributed by atoms with Crippen molar-refractivity contribution in [2.75, 3.05) is 0 Å². The SMILES string of the molecule is Cc1ccccc1CN(C(=O)c1ccco1)[C@@H](C)CCc1ccccc1. The van der Waals surface area contributed by atoms with Gasteiger partial charge >= 0.3 is 0 Å². The Kier molecular flexibility index (Phi) is 5.90. The fourth-order valence-corrected chi connectivity index (χ4v) is 3.12. The highest BCUT2D eigenvalue weighted by Crippen LogP contribution is 2.19. The summed E-state index contributed by atoms with van der Waals surface area (Å²) >= 11 is 0. The zero-order valence-corrected chi connectivity index (χ0v) is 15.4. The Bertz CT molecular complexity index is 824. The molecule has 0 saturated carbocycles. The summed E-state index contributed by atoms with van der Waals surface area (Å²) in [5.74, 6) is 0.337. The van der Waals surface area contributed by atoms with Crippen molar-refractivity contribution in [3.63, 3.8) is 0 Å². The Morgan fingerprint density at radius 2 is 1.73 bits per heavy atom. The lowest BCUT2D eigenvalue weighted by atomic mass is 10.0. The van der Waals surface area contributed by atoms with Crippen LogP contribution in [0.25, 0.3) is 0 Å². The molecule has 0 bridgehead atoms. The molecule has 0 aliphatic rings. The van der Waals surface area contributed by atoms with Crippen molar-refractivity contribution in [2.24, 2.45) is 0 Å². The first-order chi connectivity index (χ1) is 12.6. The zero-order chi connectivity index (χ0) is 18.4. The highest BCUT2D eigenvalue weighted by Gasteiger charge is 2.24. The summed E-state index contributed by atoms with van der Waals surface area (Å²) in [6.07, 6.45) is 3.40. The van der Waals surface area contributed by atoms with Gasteiger partial charge in [0.05, 0.1) is 6.26 Å². The average Bonchev–Trinajstić information content (AvgIpc) is 3.20. The summed E-state index contributed by atoms with van der Waals surface area (Å²) in [5, 5.41) is 0. The van der Waals surface area contributed by atoms with Crippen LogP contribution in [0.3, 0.4) is 0 Å². The van der Waals surface area contributed by atoms with Crippen LogP contribution in [0.15, 0.2) is 77.4 Å². The van der Waals surface area contributed by atoms with E-state index >= 15 is 0 Å². The second-order valence-electron chi connectivity index (χ2n) is 6.71. The number of benzene rings is 2. The molecule has 0 aliphatic carbocycles. The van der Waals surface area contributed by atoms with Crippen LogP contribution in [0, 0.1) is 6.92 Å². The molecule has 26 heavy (non-hydrogen) atoms. The minimum atomic E-state index is -0.0567. The molecule has 0 radical (unpaired) electrons. The van der Waals surface area contributed by atoms with Gasteiger partial charge in [-0.2, -0.15) is 0 Å². The third-order valence-corrected chi connectivity index (χ3v) is 4.82. The lowest BCUT2D eigenvalue weighted by molar-refractivity contribution is 0.0634. The number of nitrogens with zero attached hydrogens (tertiary/aromatic N) is 1. The van der Waals surface area contributed by atoms with Crippen molar-refractivity contribution in [1.82, 2.24) is 4.90 Å². The second-order valence-corrected chi connectivity index (χ2v) is 6.71. The number of hydrogen-bond acceptors (Lipinski definition) is 2. The molecule has 0 unspecified atom stereocenters. The standard InChI is InChI=1S/C23H25NO2/c1-18-9-6-7-12-21(18)17-24(23(25)22-13-8-16-26-22)19(2)14-15-20-10-4-3-5-11-20/h3-13,16,19H,14-15,17H2,1-2H3/t19-/m0/s1. The van der Waals surface area contributed by atoms with Crippen molar-refractivity contribution in [3.8, 4) is 0 Å². The van der Waals surface area contributed by atoms with Crippen LogP contribution in [-0.4, -0.2) is 16.8 Å². The van der Waals surface area contributed by atoms with E-state index in [1.165, 1.54) is 16.7 Å². The molecule has 0 spiro atoms. The summed E-state index contributed by atoms with van der Waals surface area (Å²) in [7, 11) is 0. The molecule has 1 atom stereocenters. The summed E-state index contributed by atoms with van der Waals surface area (Å²) < 4.78 is 5.37. The highest BCUT2D eigenvalue weighted by atomic mass is 16.3. The monoisotopic (exact) mass is 347 g/mol. The van der Waals surface area contributed by atoms with Crippen molar-refractivity contribution in [3.05, 3.63) is 95.4 Å². The first-order valence-electron chi connectivity index (χ1n) is 9.08. The van der Waals surface area contributed by atoms with Crippen LogP contribution in [0.2, 0.25) is 0 Å². The van der Waals surface area contributed by atoms with E-state index in [0.29, 0.717) is 12.3 Å². The van der Waals surface area contributed by atoms with Crippen molar-refractivity contribution in [2.45, 2.75) is 39.3 Å². The molecular weight excluding hydrogens is 322 g/mol. The third kappa shape index (κ3) is 4.42. The Morgan fingerprint density at radius 1 is 1.00 bits per heavy atom. The van der Waals surface area contributed by atoms with Crippen LogP contribution < -0.4 is 0 Å². The maximum absolute atomic E-state index is 13.0. The highest BCUT2D eigenvalue weighted by molar-refractivity contribution is 5.91. The number of hydrogen-bond donors (Lipinski definition) is 0. The van der Waals surface area contributed by atoms with Gasteiger partial charge in [-0.3, -0.25) is 4.79 Å². The van der Waals surface area contributed by atoms with Crippen LogP contribution >= 0.6 is 0 Å². The average molecular weight is 347 g/mol. The van der Waals surface area contributed by atoms with E-state index in [2.05, 4.69) is 50.2 Å². The fourth-order valence-electron chi connectivity index (χ4n) is 3.12. The minimum absolute atomic E-state index is 0.0567. The van der Waals surface area contributed by atoms with Gasteiger partial charge < -0.3 is 9.32 Å². The molecular formula is C23H25NO2. The first kappa shape index (κ1) is 18.0. The molecule has 0 N–H and O–H groups in total. The molecule has 134 valence electrons. The zero-order valence-electron chi connectivity index (χ0n) is 15.4. The Balaban J connectivity index is 1.77. The van der Waals surface area contributed by atoms with Gasteiger partial charge in [0, 0.05) is 12.6 Å². The number of aryl methyl sites for hydroxylation is 2. The van der Waals surface area contributed by atoms with E-state index in [1.807, 2.05) is 23.1 Å². The summed E-state index contributed by atoms with van der Waals surface area (Å²) in [6.45, 7) is 4.78. The molecule has 0 saturated heterocycles. The summed E-state index contributed by atoms with van der Waals surface area (Å²) in [6, 6.07) is 22.2. The van der Waals surface area contributed by atoms with Crippen molar-refractivity contribution in [1.29, 1.82) is 0 Å². The summed E-state index contributed by atoms with van der Waals surface area (Å²) in [4.78, 5) is 14.9. The van der Waals surface area contributed by atoms with Gasteiger partial charge in [0.15, 0.2) is 5.76 Å². The second kappa shape index (κ2) is 8.52. The first-order valence-corrected chi connectivity index (χ1v) is 9.08. The van der Waals surface area contributed by atoms with Gasteiger partial charge in [0.25, 0.3) is 5.91 Å². The minimum Gasteiger partial charge on any atom is -0.459 e. The smallest absolute Gasteiger partial charge is 0.290 e. The predicted molar refractivity (Wildman–Crippen MR) is 104 cm³/mol. The fraction of sp³-hybridized carbons (Fsp3) is 0.261. The van der Waals surface area contributed by atoms with Crippen LogP contribution in [0.5, 0.6) is 0 Å². The van der Waals surface area contributed by atoms with Crippen LogP contribution in [-0.2, 0) is 13.0 Å². The number of carbonyl (C=O) groups is 1. The molecule has 0 aliphatic heterocycles. The number of rotatable bonds is 7. The van der Waals surface area contributed by atoms with Gasteiger partial charge in [-0.05, 0) is 55.5 Å². The van der Waals surface area contributed by atoms with E-state index in [1.54, 1.807) is 18.4 Å². The lowest BCUT2D eigenvalue weighted by Crippen LogP contribution is -2.38. The molecule has 0 fully saturated rings. The topological polar surface area (TPSA) is 33.5 Å². The quantitative estimate of drug-likeness (QED) is 0.585. The van der Waals surface area contributed by atoms with Crippen molar-refractivity contribution >= 4 is 5.91 Å². The number of furan rings is 1. The van der Waals surface area contributed by atoms with Gasteiger partial charge in [-0.1, -0.05) is 54.6 Å². The molecule has 3 heteroatoms. The Hall–Kier alpha value is -2.81. The molecule has 3 nitrogen and oxygen atoms in total. The maximum Gasteiger partial charge on any atom is 0.290 e. The van der Waals surface area contributed by atoms with Crippen molar-refractivity contribution < 1.29 is 9.21 Å². The summed E-state index contributed by atoms with van der Waals surface area (Å²) in [5.41, 5.74) is 3.65. The molecule has 3 aromatic rings. The Morgan fingerprint density at radius 3 is 2.42 bits per heavy atom. The molecule has 1 heterocycles. The van der Waals surface area contributed by atoms with E-state index in [0.717, 1.165) is 12.8 Å². The molecule has 2 aromatic carbocycles. The third-order valence-electron chi connectivity index (χ3n) is 4.82. The van der Waals surface area contributed by atoms with Gasteiger partial charge in [0.2, 0.25) is 0 Å². The van der Waals surface area contributed by atoms with Crippen LogP contribution in [0.1, 0.15) is 40.6 Å². The van der Waals surface area contributed by atoms with Gasteiger partial charge in [-0.15, -0.1) is 0 Å². The van der Waals surface area contributed by atoms with E-state index in [9.17, 15) is 4.79 Å². The van der Waals surface area contributed by atoms with Gasteiger partial charge in [0.1, 0.15) is 0 Å². The lowest BCUT2D eigenvalue weighted by Gasteiger charge is -2.29. The largest absolute Gasteiger partial charge is 0.459 e. The molecule has 1 aromatic heterocycles. The van der Waals surface area contributed by atoms with Crippen LogP contribution in [0.4, 0.5) is 0 Å². The maximum atomic E-state index is 13.0. The number of carbonyl (C=O) groups excluding carboxylic acids is 1. The van der Waals surface area contributed by atoms with E-state index in [-0.39, 0.29) is 11.9 Å². The predicted octanol–water partition coefficient (Wildman–Crippen LogP) is 5.25. The van der Waals surface area contributed by atoms with E-state index in [4.69, 9.17) is 4.42 Å². The number of amides is 1. The normalized spacial score (nSPS) is 11.9. The molecule has 3 rings (SSSR count). The molecule has 1 amide bonds.